The molecule has 0 unspecified atom stereocenters. The largest absolute Gasteiger partial charge is 0.354 e. The third-order valence-electron chi connectivity index (χ3n) is 4.01. The van der Waals surface area contributed by atoms with Crippen molar-refractivity contribution in [2.45, 2.75) is 5.16 Å². The molecule has 4 aromatic rings. The number of nitrogens with zero attached hydrogens (tertiary/aromatic N) is 3. The summed E-state index contributed by atoms with van der Waals surface area (Å²) in [6.45, 7) is 0. The zero-order chi connectivity index (χ0) is 21.8. The highest BCUT2D eigenvalue weighted by Gasteiger charge is 2.12. The minimum atomic E-state index is -0.234. The first kappa shape index (κ1) is 21.6. The molecule has 1 N–H and O–H groups in total. The van der Waals surface area contributed by atoms with Gasteiger partial charge in [-0.25, -0.2) is 9.97 Å². The number of anilines is 1. The second-order valence-corrected chi connectivity index (χ2v) is 8.55. The minimum absolute atomic E-state index is 0.111. The molecule has 0 saturated carbocycles. The van der Waals surface area contributed by atoms with Gasteiger partial charge in [-0.2, -0.15) is 0 Å². The predicted octanol–water partition coefficient (Wildman–Crippen LogP) is 6.49. The molecule has 2 heterocycles. The summed E-state index contributed by atoms with van der Waals surface area (Å²) in [7, 11) is 0. The average Bonchev–Trinajstić information content (AvgIpc) is 3.23. The van der Waals surface area contributed by atoms with Crippen LogP contribution >= 0.6 is 46.6 Å². The molecule has 0 fully saturated rings. The van der Waals surface area contributed by atoms with Crippen molar-refractivity contribution in [3.05, 3.63) is 75.9 Å². The zero-order valence-electron chi connectivity index (χ0n) is 15.7. The van der Waals surface area contributed by atoms with Gasteiger partial charge in [-0.3, -0.25) is 4.79 Å². The van der Waals surface area contributed by atoms with Crippen molar-refractivity contribution in [1.29, 1.82) is 0 Å². The normalized spacial score (nSPS) is 10.8. The fourth-order valence-corrected chi connectivity index (χ4v) is 3.94. The highest BCUT2D eigenvalue weighted by Crippen LogP contribution is 2.27. The quantitative estimate of drug-likeness (QED) is 0.245. The summed E-state index contributed by atoms with van der Waals surface area (Å²) in [5, 5.41) is 8.79. The number of benzene rings is 2. The van der Waals surface area contributed by atoms with E-state index in [1.807, 2.05) is 12.1 Å². The van der Waals surface area contributed by atoms with E-state index in [0.29, 0.717) is 43.1 Å². The van der Waals surface area contributed by atoms with Crippen LogP contribution in [0.3, 0.4) is 0 Å². The maximum atomic E-state index is 12.2. The van der Waals surface area contributed by atoms with Crippen LogP contribution in [0.1, 0.15) is 0 Å². The van der Waals surface area contributed by atoms with Gasteiger partial charge < -0.3 is 9.84 Å². The van der Waals surface area contributed by atoms with Gasteiger partial charge in [0.2, 0.25) is 5.91 Å². The highest BCUT2D eigenvalue weighted by molar-refractivity contribution is 7.99. The average molecular weight is 492 g/mol. The Morgan fingerprint density at radius 2 is 1.68 bits per heavy atom. The molecule has 0 radical (unpaired) electrons. The summed E-state index contributed by atoms with van der Waals surface area (Å²) in [6, 6.07) is 15.6. The Balaban J connectivity index is 1.41. The van der Waals surface area contributed by atoms with Gasteiger partial charge in [-0.1, -0.05) is 63.9 Å². The Morgan fingerprint density at radius 1 is 0.935 bits per heavy atom. The Bertz CT molecular complexity index is 1210. The summed E-state index contributed by atoms with van der Waals surface area (Å²) in [4.78, 5) is 20.9. The number of hydrogen-bond donors (Lipinski definition) is 1. The van der Waals surface area contributed by atoms with E-state index in [4.69, 9.17) is 39.3 Å². The molecule has 0 atom stereocenters. The van der Waals surface area contributed by atoms with Gasteiger partial charge in [-0.15, -0.1) is 0 Å². The van der Waals surface area contributed by atoms with E-state index in [1.165, 1.54) is 11.8 Å². The molecule has 31 heavy (non-hydrogen) atoms. The number of amides is 1. The molecule has 156 valence electrons. The second-order valence-electron chi connectivity index (χ2n) is 6.30. The molecule has 6 nitrogen and oxygen atoms in total. The number of rotatable bonds is 6. The maximum absolute atomic E-state index is 12.2. The molecule has 4 rings (SSSR count). The van der Waals surface area contributed by atoms with E-state index in [9.17, 15) is 4.79 Å². The molecular weight excluding hydrogens is 479 g/mol. The van der Waals surface area contributed by atoms with E-state index >= 15 is 0 Å². The summed E-state index contributed by atoms with van der Waals surface area (Å²) in [5.74, 6) is 0.370. The maximum Gasteiger partial charge on any atom is 0.234 e. The van der Waals surface area contributed by atoms with Gasteiger partial charge in [0, 0.05) is 38.6 Å². The van der Waals surface area contributed by atoms with E-state index in [-0.39, 0.29) is 11.7 Å². The van der Waals surface area contributed by atoms with E-state index in [1.54, 1.807) is 48.7 Å². The summed E-state index contributed by atoms with van der Waals surface area (Å²) in [6.07, 6.45) is 1.60. The first-order valence-corrected chi connectivity index (χ1v) is 11.0. The number of hydrogen-bond acceptors (Lipinski definition) is 6. The van der Waals surface area contributed by atoms with E-state index in [0.717, 1.165) is 5.56 Å². The monoisotopic (exact) mass is 490 g/mol. The Morgan fingerprint density at radius 3 is 2.42 bits per heavy atom. The van der Waals surface area contributed by atoms with Crippen LogP contribution in [0.15, 0.2) is 70.5 Å². The van der Waals surface area contributed by atoms with Gasteiger partial charge in [0.05, 0.1) is 5.75 Å². The van der Waals surface area contributed by atoms with Crippen LogP contribution < -0.4 is 5.32 Å². The van der Waals surface area contributed by atoms with Crippen LogP contribution in [0.2, 0.25) is 15.1 Å². The molecule has 0 aliphatic heterocycles. The van der Waals surface area contributed by atoms with Crippen molar-refractivity contribution < 1.29 is 9.32 Å². The standard InChI is InChI=1S/C21H13Cl3N4O2S/c22-13-3-1-12(2-4-13)18-10-19(30-28-18)17-5-6-25-21(27-17)31-11-20(29)26-16-8-14(23)7-15(24)9-16/h1-10H,11H2,(H,26,29). The lowest BCUT2D eigenvalue weighted by molar-refractivity contribution is -0.113. The Kier molecular flexibility index (Phi) is 6.77. The molecule has 0 spiro atoms. The van der Waals surface area contributed by atoms with Crippen LogP contribution in [0.5, 0.6) is 0 Å². The molecule has 1 amide bonds. The van der Waals surface area contributed by atoms with Crippen LogP contribution in [-0.4, -0.2) is 26.8 Å². The number of aromatic nitrogens is 3. The van der Waals surface area contributed by atoms with Crippen molar-refractivity contribution in [3.8, 4) is 22.7 Å². The summed E-state index contributed by atoms with van der Waals surface area (Å²) >= 11 is 19.0. The van der Waals surface area contributed by atoms with Crippen molar-refractivity contribution in [2.75, 3.05) is 11.1 Å². The number of nitrogens with one attached hydrogen (secondary N) is 1. The number of halogens is 3. The Hall–Kier alpha value is -2.58. The molecule has 0 bridgehead atoms. The van der Waals surface area contributed by atoms with Crippen LogP contribution in [0.4, 0.5) is 5.69 Å². The topological polar surface area (TPSA) is 80.9 Å². The van der Waals surface area contributed by atoms with Crippen LogP contribution in [-0.2, 0) is 4.79 Å². The van der Waals surface area contributed by atoms with Crippen molar-refractivity contribution >= 4 is 58.2 Å². The lowest BCUT2D eigenvalue weighted by atomic mass is 10.1. The minimum Gasteiger partial charge on any atom is -0.354 e. The molecule has 0 saturated heterocycles. The van der Waals surface area contributed by atoms with Crippen molar-refractivity contribution in [1.82, 2.24) is 15.1 Å². The van der Waals surface area contributed by atoms with Gasteiger partial charge in [-0.05, 0) is 36.4 Å². The number of carbonyl (C=O) groups is 1. The van der Waals surface area contributed by atoms with E-state index < -0.39 is 0 Å². The first-order chi connectivity index (χ1) is 15.0. The van der Waals surface area contributed by atoms with Crippen molar-refractivity contribution in [3.63, 3.8) is 0 Å². The van der Waals surface area contributed by atoms with Gasteiger partial charge in [0.25, 0.3) is 0 Å². The molecule has 2 aromatic heterocycles. The predicted molar refractivity (Wildman–Crippen MR) is 124 cm³/mol. The summed E-state index contributed by atoms with van der Waals surface area (Å²) < 4.78 is 5.43. The fraction of sp³-hybridized carbons (Fsp3) is 0.0476. The molecule has 0 aliphatic carbocycles. The third-order valence-corrected chi connectivity index (χ3v) is 5.56. The molecule has 0 aliphatic rings. The Labute approximate surface area is 196 Å². The van der Waals surface area contributed by atoms with Crippen LogP contribution in [0.25, 0.3) is 22.7 Å². The van der Waals surface area contributed by atoms with Gasteiger partial charge in [0.1, 0.15) is 11.4 Å². The highest BCUT2D eigenvalue weighted by atomic mass is 35.5. The SMILES string of the molecule is O=C(CSc1nccc(-c2cc(-c3ccc(Cl)cc3)no2)n1)Nc1cc(Cl)cc(Cl)c1. The van der Waals surface area contributed by atoms with Gasteiger partial charge >= 0.3 is 0 Å². The molecule has 2 aromatic carbocycles. The lowest BCUT2D eigenvalue weighted by Gasteiger charge is -2.06. The molecular formula is C21H13Cl3N4O2S. The molecule has 10 heteroatoms. The lowest BCUT2D eigenvalue weighted by Crippen LogP contribution is -2.14. The smallest absolute Gasteiger partial charge is 0.234 e. The third kappa shape index (κ3) is 5.77. The van der Waals surface area contributed by atoms with Crippen LogP contribution in [0, 0.1) is 0 Å². The summed E-state index contributed by atoms with van der Waals surface area (Å²) in [5.41, 5.74) is 2.63. The van der Waals surface area contributed by atoms with Gasteiger partial charge in [0.15, 0.2) is 10.9 Å². The zero-order valence-corrected chi connectivity index (χ0v) is 18.8. The fourth-order valence-electron chi connectivity index (χ4n) is 2.65. The number of carbonyl (C=O) groups excluding carboxylic acids is 1. The second kappa shape index (κ2) is 9.70. The number of thioether (sulfide) groups is 1. The van der Waals surface area contributed by atoms with E-state index in [2.05, 4.69) is 20.4 Å². The first-order valence-electron chi connectivity index (χ1n) is 8.91. The van der Waals surface area contributed by atoms with Crippen molar-refractivity contribution in [2.24, 2.45) is 0 Å².